The van der Waals surface area contributed by atoms with Gasteiger partial charge in [-0.1, -0.05) is 0 Å². The molecule has 1 aliphatic heterocycles. The molecule has 3 heterocycles. The number of nitrogens with zero attached hydrogens (tertiary/aromatic N) is 3. The number of aliphatic hydroxyl groups is 2. The molecule has 4 atom stereocenters. The van der Waals surface area contributed by atoms with E-state index in [2.05, 4.69) is 9.97 Å². The van der Waals surface area contributed by atoms with Crippen molar-refractivity contribution in [2.45, 2.75) is 24.1 Å². The third-order valence-electron chi connectivity index (χ3n) is 3.85. The van der Waals surface area contributed by atoms with Gasteiger partial charge in [-0.15, -0.1) is 0 Å². The number of alkyl halides is 1. The van der Waals surface area contributed by atoms with Crippen LogP contribution in [0.15, 0.2) is 18.6 Å². The van der Waals surface area contributed by atoms with Crippen LogP contribution in [-0.2, 0) is 4.74 Å². The van der Waals surface area contributed by atoms with E-state index in [4.69, 9.17) is 16.2 Å². The van der Waals surface area contributed by atoms with E-state index in [9.17, 15) is 14.6 Å². The van der Waals surface area contributed by atoms with E-state index in [1.165, 1.54) is 17.1 Å². The minimum absolute atomic E-state index is 0.218. The molecule has 0 saturated carbocycles. The molecular weight excluding hydrogens is 281 g/mol. The molecular formula is C12H16FN5O3. The van der Waals surface area contributed by atoms with Crippen molar-refractivity contribution in [3.63, 3.8) is 0 Å². The number of fused-ring (bicyclic) bond motifs is 1. The number of rotatable bonds is 3. The van der Waals surface area contributed by atoms with Crippen LogP contribution in [0.3, 0.4) is 0 Å². The second kappa shape index (κ2) is 4.88. The van der Waals surface area contributed by atoms with Gasteiger partial charge in [0.05, 0.1) is 18.6 Å². The van der Waals surface area contributed by atoms with E-state index in [1.54, 1.807) is 6.07 Å². The van der Waals surface area contributed by atoms with Gasteiger partial charge in [0.2, 0.25) is 0 Å². The molecule has 2 aromatic heterocycles. The maximum atomic E-state index is 14.4. The van der Waals surface area contributed by atoms with E-state index in [1.807, 2.05) is 0 Å². The number of nitrogen functional groups attached to an aromatic ring is 1. The average Bonchev–Trinajstić information content (AvgIpc) is 3.02. The van der Waals surface area contributed by atoms with E-state index >= 15 is 0 Å². The maximum Gasteiger partial charge on any atom is 0.174 e. The molecule has 8 nitrogen and oxygen atoms in total. The predicted molar refractivity (Wildman–Crippen MR) is 71.8 cm³/mol. The third kappa shape index (κ3) is 1.89. The molecule has 21 heavy (non-hydrogen) atoms. The van der Waals surface area contributed by atoms with Crippen LogP contribution in [0.5, 0.6) is 0 Å². The summed E-state index contributed by atoms with van der Waals surface area (Å²) in [4.78, 5) is 8.18. The monoisotopic (exact) mass is 297 g/mol. The summed E-state index contributed by atoms with van der Waals surface area (Å²) in [7, 11) is 0. The summed E-state index contributed by atoms with van der Waals surface area (Å²) in [5.41, 5.74) is 10.9. The Bertz CT molecular complexity index is 659. The second-order valence-corrected chi connectivity index (χ2v) is 5.05. The number of ether oxygens (including phenoxy) is 1. The Morgan fingerprint density at radius 3 is 2.86 bits per heavy atom. The van der Waals surface area contributed by atoms with Crippen LogP contribution in [0.2, 0.25) is 0 Å². The number of nitrogens with two attached hydrogens (primary N) is 2. The minimum atomic E-state index is -1.78. The van der Waals surface area contributed by atoms with Crippen LogP contribution in [0.25, 0.3) is 11.2 Å². The lowest BCUT2D eigenvalue weighted by molar-refractivity contribution is -0.120. The van der Waals surface area contributed by atoms with Crippen LogP contribution in [0.1, 0.15) is 6.23 Å². The van der Waals surface area contributed by atoms with Gasteiger partial charge in [-0.2, -0.15) is 0 Å². The molecule has 0 spiro atoms. The smallest absolute Gasteiger partial charge is 0.174 e. The SMILES string of the molecule is NC[C@]1(CO)O[C@@H](n2cnc3c(N)ccnc32)[C@H](F)[C@@H]1O. The zero-order valence-electron chi connectivity index (χ0n) is 11.1. The van der Waals surface area contributed by atoms with E-state index < -0.39 is 30.7 Å². The van der Waals surface area contributed by atoms with Gasteiger partial charge in [-0.3, -0.25) is 4.57 Å². The van der Waals surface area contributed by atoms with Crippen molar-refractivity contribution in [1.82, 2.24) is 14.5 Å². The quantitative estimate of drug-likeness (QED) is 0.567. The Morgan fingerprint density at radius 1 is 1.48 bits per heavy atom. The van der Waals surface area contributed by atoms with Gasteiger partial charge < -0.3 is 26.4 Å². The fraction of sp³-hybridized carbons (Fsp3) is 0.500. The standard InChI is InChI=1S/C12H16FN5O3/c13-7-9(20)12(3-14,4-19)21-11(7)18-5-17-8-6(15)1-2-16-10(8)18/h1-2,5,7,9,11,19-20H,3-4,14H2,(H2,15,16)/t7-,9+,11-,12-/m1/s1. The first-order chi connectivity index (χ1) is 10.0. The lowest BCUT2D eigenvalue weighted by Gasteiger charge is -2.27. The Morgan fingerprint density at radius 2 is 2.24 bits per heavy atom. The van der Waals surface area contributed by atoms with Crippen molar-refractivity contribution in [1.29, 1.82) is 0 Å². The van der Waals surface area contributed by atoms with Crippen molar-refractivity contribution in [3.05, 3.63) is 18.6 Å². The zero-order valence-corrected chi connectivity index (χ0v) is 11.1. The van der Waals surface area contributed by atoms with Crippen LogP contribution >= 0.6 is 0 Å². The van der Waals surface area contributed by atoms with Crippen molar-refractivity contribution in [3.8, 4) is 0 Å². The van der Waals surface area contributed by atoms with Gasteiger partial charge in [0.25, 0.3) is 0 Å². The average molecular weight is 297 g/mol. The highest BCUT2D eigenvalue weighted by molar-refractivity contribution is 5.83. The van der Waals surface area contributed by atoms with Gasteiger partial charge in [-0.05, 0) is 6.07 Å². The molecule has 0 bridgehead atoms. The highest BCUT2D eigenvalue weighted by Crippen LogP contribution is 2.39. The van der Waals surface area contributed by atoms with Crippen molar-refractivity contribution in [2.75, 3.05) is 18.9 Å². The summed E-state index contributed by atoms with van der Waals surface area (Å²) >= 11 is 0. The molecule has 9 heteroatoms. The fourth-order valence-corrected chi connectivity index (χ4v) is 2.54. The molecule has 0 amide bonds. The number of pyridine rings is 1. The molecule has 114 valence electrons. The van der Waals surface area contributed by atoms with E-state index in [-0.39, 0.29) is 6.54 Å². The van der Waals surface area contributed by atoms with Crippen LogP contribution < -0.4 is 11.5 Å². The van der Waals surface area contributed by atoms with E-state index in [0.717, 1.165) is 0 Å². The summed E-state index contributed by atoms with van der Waals surface area (Å²) in [6, 6.07) is 1.58. The summed E-state index contributed by atoms with van der Waals surface area (Å²) < 4.78 is 21.2. The Labute approximate surface area is 119 Å². The molecule has 1 aliphatic rings. The van der Waals surface area contributed by atoms with Gasteiger partial charge in [0.1, 0.15) is 17.2 Å². The lowest BCUT2D eigenvalue weighted by atomic mass is 9.97. The highest BCUT2D eigenvalue weighted by Gasteiger charge is 2.55. The molecule has 0 radical (unpaired) electrons. The Hall–Kier alpha value is -1.81. The molecule has 1 saturated heterocycles. The number of imidazole rings is 1. The van der Waals surface area contributed by atoms with Crippen LogP contribution in [0.4, 0.5) is 10.1 Å². The number of hydrogen-bond donors (Lipinski definition) is 4. The minimum Gasteiger partial charge on any atom is -0.397 e. The molecule has 1 fully saturated rings. The lowest BCUT2D eigenvalue weighted by Crippen LogP contribution is -2.51. The van der Waals surface area contributed by atoms with Crippen molar-refractivity contribution < 1.29 is 19.3 Å². The second-order valence-electron chi connectivity index (χ2n) is 5.05. The molecule has 0 unspecified atom stereocenters. The van der Waals surface area contributed by atoms with Gasteiger partial charge in [0, 0.05) is 12.7 Å². The van der Waals surface area contributed by atoms with Crippen molar-refractivity contribution in [2.24, 2.45) is 5.73 Å². The van der Waals surface area contributed by atoms with E-state index in [0.29, 0.717) is 16.9 Å². The summed E-state index contributed by atoms with van der Waals surface area (Å²) in [6.45, 7) is -0.812. The van der Waals surface area contributed by atoms with Gasteiger partial charge >= 0.3 is 0 Å². The largest absolute Gasteiger partial charge is 0.397 e. The summed E-state index contributed by atoms with van der Waals surface area (Å²) in [5.74, 6) is 0. The molecule has 3 rings (SSSR count). The first kappa shape index (κ1) is 14.1. The van der Waals surface area contributed by atoms with Crippen molar-refractivity contribution >= 4 is 16.9 Å². The predicted octanol–water partition coefficient (Wildman–Crippen LogP) is -1.07. The topological polar surface area (TPSA) is 132 Å². The summed E-state index contributed by atoms with van der Waals surface area (Å²) in [6.07, 6.45) is -1.70. The number of anilines is 1. The number of aromatic nitrogens is 3. The zero-order chi connectivity index (χ0) is 15.2. The normalized spacial score (nSPS) is 32.9. The third-order valence-corrected chi connectivity index (χ3v) is 3.85. The Kier molecular flexibility index (Phi) is 3.29. The Balaban J connectivity index is 2.06. The first-order valence-corrected chi connectivity index (χ1v) is 6.42. The highest BCUT2D eigenvalue weighted by atomic mass is 19.1. The molecule has 6 N–H and O–H groups in total. The summed E-state index contributed by atoms with van der Waals surface area (Å²) in [5, 5.41) is 19.4. The fourth-order valence-electron chi connectivity index (χ4n) is 2.54. The first-order valence-electron chi connectivity index (χ1n) is 6.42. The molecule has 0 aliphatic carbocycles. The van der Waals surface area contributed by atoms with Crippen LogP contribution in [0, 0.1) is 0 Å². The molecule has 0 aromatic carbocycles. The molecule has 2 aromatic rings. The van der Waals surface area contributed by atoms with Gasteiger partial charge in [0.15, 0.2) is 18.0 Å². The number of hydrogen-bond acceptors (Lipinski definition) is 7. The number of aliphatic hydroxyl groups excluding tert-OH is 2. The van der Waals surface area contributed by atoms with Gasteiger partial charge in [-0.25, -0.2) is 14.4 Å². The van der Waals surface area contributed by atoms with Crippen LogP contribution in [-0.4, -0.2) is 55.8 Å². The maximum absolute atomic E-state index is 14.4. The number of halogens is 1.